The first-order valence-electron chi connectivity index (χ1n) is 11.8. The van der Waals surface area contributed by atoms with Crippen LogP contribution in [-0.4, -0.2) is 18.3 Å². The first kappa shape index (κ1) is 30.7. The number of ether oxygens (including phenoxy) is 1. The summed E-state index contributed by atoms with van der Waals surface area (Å²) in [5, 5.41) is 9.58. The van der Waals surface area contributed by atoms with Crippen molar-refractivity contribution in [1.29, 1.82) is 0 Å². The second kappa shape index (κ2) is 15.6. The summed E-state index contributed by atoms with van der Waals surface area (Å²) in [6.07, 6.45) is 10.8. The van der Waals surface area contributed by atoms with E-state index in [-0.39, 0.29) is 28.9 Å². The van der Waals surface area contributed by atoms with Gasteiger partial charge in [-0.2, -0.15) is 0 Å². The Balaban J connectivity index is 0.00000150. The Kier molecular flexibility index (Phi) is 13.3. The Hall–Kier alpha value is -3.31. The Labute approximate surface area is 213 Å². The molecule has 1 N–H and O–H groups in total. The molecule has 0 amide bonds. The van der Waals surface area contributed by atoms with Gasteiger partial charge in [0.05, 0.1) is 13.2 Å². The summed E-state index contributed by atoms with van der Waals surface area (Å²) < 4.78 is 48.1. The largest absolute Gasteiger partial charge is 0.497 e. The molecule has 1 atom stereocenters. The van der Waals surface area contributed by atoms with E-state index in [1.165, 1.54) is 7.11 Å². The molecule has 0 aliphatic heterocycles. The molecule has 0 bridgehead atoms. The standard InChI is InChI=1S/C27H29F3O2.C4H8/c1-17(6-8-18(2)20(4)25(28)16-19(3)32-5)7-9-22-12-15-24(27(30)26(22)29)21-10-13-23(31)14-11-21;1-3-4-2/h6,8,10,12,15-16,23,31H,1-4,7,9,11,13-14H2,5H3;3H,1,4H2,2H3/b8-6-,25-16+;. The van der Waals surface area contributed by atoms with E-state index in [1.54, 1.807) is 30.4 Å². The maximum Gasteiger partial charge on any atom is 0.166 e. The van der Waals surface area contributed by atoms with Gasteiger partial charge in [0.25, 0.3) is 0 Å². The lowest BCUT2D eigenvalue weighted by Gasteiger charge is -2.18. The predicted octanol–water partition coefficient (Wildman–Crippen LogP) is 8.65. The number of aryl methyl sites for hydroxylation is 1. The zero-order valence-corrected chi connectivity index (χ0v) is 21.4. The van der Waals surface area contributed by atoms with Gasteiger partial charge in [0.2, 0.25) is 0 Å². The highest BCUT2D eigenvalue weighted by Crippen LogP contribution is 2.31. The summed E-state index contributed by atoms with van der Waals surface area (Å²) in [6, 6.07) is 3.17. The van der Waals surface area contributed by atoms with E-state index in [0.29, 0.717) is 36.8 Å². The number of hydrogen-bond acceptors (Lipinski definition) is 2. The predicted molar refractivity (Wildman–Crippen MR) is 145 cm³/mol. The maximum atomic E-state index is 14.6. The molecule has 5 heteroatoms. The fraction of sp³-hybridized carbons (Fsp3) is 0.290. The van der Waals surface area contributed by atoms with E-state index in [9.17, 15) is 18.3 Å². The summed E-state index contributed by atoms with van der Waals surface area (Å²) in [5.74, 6) is -2.19. The van der Waals surface area contributed by atoms with Crippen molar-refractivity contribution in [2.45, 2.75) is 51.6 Å². The molecule has 0 heterocycles. The van der Waals surface area contributed by atoms with Crippen LogP contribution in [0, 0.1) is 11.6 Å². The van der Waals surface area contributed by atoms with Crippen molar-refractivity contribution in [3.05, 3.63) is 126 Å². The van der Waals surface area contributed by atoms with Gasteiger partial charge in [-0.3, -0.25) is 0 Å². The van der Waals surface area contributed by atoms with E-state index in [0.717, 1.165) is 18.1 Å². The summed E-state index contributed by atoms with van der Waals surface area (Å²) in [7, 11) is 1.38. The molecule has 0 saturated heterocycles. The van der Waals surface area contributed by atoms with Crippen LogP contribution >= 0.6 is 0 Å². The van der Waals surface area contributed by atoms with Crippen LogP contribution in [0.25, 0.3) is 5.57 Å². The van der Waals surface area contributed by atoms with Gasteiger partial charge in [-0.05, 0) is 55.2 Å². The molecule has 0 aromatic heterocycles. The van der Waals surface area contributed by atoms with E-state index in [4.69, 9.17) is 4.74 Å². The molecule has 0 fully saturated rings. The molecule has 2 nitrogen and oxygen atoms in total. The highest BCUT2D eigenvalue weighted by molar-refractivity contribution is 5.67. The molecule has 0 radical (unpaired) electrons. The molecule has 2 rings (SSSR count). The highest BCUT2D eigenvalue weighted by Gasteiger charge is 2.19. The molecule has 1 aromatic carbocycles. The van der Waals surface area contributed by atoms with Gasteiger partial charge in [0.15, 0.2) is 11.6 Å². The van der Waals surface area contributed by atoms with Crippen LogP contribution in [0.15, 0.2) is 104 Å². The molecule has 0 spiro atoms. The normalized spacial score (nSPS) is 15.4. The summed E-state index contributed by atoms with van der Waals surface area (Å²) in [5.41, 5.74) is 2.30. The molecular formula is C31H37F3O2. The van der Waals surface area contributed by atoms with Crippen molar-refractivity contribution in [3.8, 4) is 0 Å². The molecule has 194 valence electrons. The Bertz CT molecular complexity index is 1070. The summed E-state index contributed by atoms with van der Waals surface area (Å²) in [6.45, 7) is 20.4. The minimum absolute atomic E-state index is 0.0838. The lowest BCUT2D eigenvalue weighted by atomic mass is 9.90. The van der Waals surface area contributed by atoms with Gasteiger partial charge in [-0.25, -0.2) is 13.2 Å². The average Bonchev–Trinajstić information content (AvgIpc) is 2.88. The van der Waals surface area contributed by atoms with Crippen LogP contribution in [0.5, 0.6) is 0 Å². The van der Waals surface area contributed by atoms with Crippen LogP contribution in [0.1, 0.15) is 50.2 Å². The Morgan fingerprint density at radius 2 is 1.81 bits per heavy atom. The number of aliphatic hydroxyl groups is 1. The number of benzene rings is 1. The molecule has 1 aromatic rings. The SMILES string of the molecule is C=C(/C=C\C(=C)C(=C)/C(F)=C\C(=C)OC)CCc1ccc(C2=CCC(O)CC2)c(F)c1F.C=CCC. The zero-order valence-electron chi connectivity index (χ0n) is 21.4. The molecule has 36 heavy (non-hydrogen) atoms. The Morgan fingerprint density at radius 3 is 2.36 bits per heavy atom. The van der Waals surface area contributed by atoms with Gasteiger partial charge in [-0.15, -0.1) is 6.58 Å². The molecule has 0 saturated carbocycles. The quantitative estimate of drug-likeness (QED) is 0.188. The van der Waals surface area contributed by atoms with Gasteiger partial charge < -0.3 is 9.84 Å². The Morgan fingerprint density at radius 1 is 1.14 bits per heavy atom. The van der Waals surface area contributed by atoms with Crippen LogP contribution in [0.4, 0.5) is 13.2 Å². The van der Waals surface area contributed by atoms with Crippen molar-refractivity contribution in [2.75, 3.05) is 7.11 Å². The average molecular weight is 499 g/mol. The summed E-state index contributed by atoms with van der Waals surface area (Å²) >= 11 is 0. The number of methoxy groups -OCH3 is 1. The van der Waals surface area contributed by atoms with Crippen molar-refractivity contribution in [3.63, 3.8) is 0 Å². The molecular weight excluding hydrogens is 461 g/mol. The van der Waals surface area contributed by atoms with Gasteiger partial charge >= 0.3 is 0 Å². The monoisotopic (exact) mass is 498 g/mol. The second-order valence-electron chi connectivity index (χ2n) is 8.41. The number of rotatable bonds is 11. The minimum atomic E-state index is -0.866. The van der Waals surface area contributed by atoms with Crippen LogP contribution < -0.4 is 0 Å². The number of halogens is 3. The van der Waals surface area contributed by atoms with Crippen LogP contribution in [0.2, 0.25) is 0 Å². The van der Waals surface area contributed by atoms with E-state index in [2.05, 4.69) is 39.8 Å². The topological polar surface area (TPSA) is 29.5 Å². The number of allylic oxidation sites excluding steroid dienone is 9. The third-order valence-electron chi connectivity index (χ3n) is 5.64. The smallest absolute Gasteiger partial charge is 0.166 e. The lowest BCUT2D eigenvalue weighted by Crippen LogP contribution is -2.11. The van der Waals surface area contributed by atoms with Gasteiger partial charge in [-0.1, -0.05) is 75.2 Å². The third kappa shape index (κ3) is 9.74. The maximum absolute atomic E-state index is 14.6. The zero-order chi connectivity index (χ0) is 27.3. The van der Waals surface area contributed by atoms with Gasteiger partial charge in [0, 0.05) is 17.2 Å². The van der Waals surface area contributed by atoms with Gasteiger partial charge in [0.1, 0.15) is 11.6 Å². The van der Waals surface area contributed by atoms with Crippen LogP contribution in [0.3, 0.4) is 0 Å². The molecule has 1 aliphatic rings. The third-order valence-corrected chi connectivity index (χ3v) is 5.64. The van der Waals surface area contributed by atoms with Crippen molar-refractivity contribution < 1.29 is 23.0 Å². The van der Waals surface area contributed by atoms with Crippen molar-refractivity contribution in [1.82, 2.24) is 0 Å². The fourth-order valence-electron chi connectivity index (χ4n) is 3.23. The number of hydrogen-bond donors (Lipinski definition) is 1. The lowest BCUT2D eigenvalue weighted by molar-refractivity contribution is 0.166. The van der Waals surface area contributed by atoms with E-state index < -0.39 is 23.6 Å². The van der Waals surface area contributed by atoms with E-state index in [1.807, 2.05) is 6.08 Å². The highest BCUT2D eigenvalue weighted by atomic mass is 19.2. The van der Waals surface area contributed by atoms with Crippen molar-refractivity contribution >= 4 is 5.57 Å². The fourth-order valence-corrected chi connectivity index (χ4v) is 3.23. The summed E-state index contributed by atoms with van der Waals surface area (Å²) in [4.78, 5) is 0. The van der Waals surface area contributed by atoms with E-state index >= 15 is 0 Å². The van der Waals surface area contributed by atoms with Crippen molar-refractivity contribution in [2.24, 2.45) is 0 Å². The molecule has 1 unspecified atom stereocenters. The number of aliphatic hydroxyl groups excluding tert-OH is 1. The first-order valence-corrected chi connectivity index (χ1v) is 11.8. The molecule has 1 aliphatic carbocycles. The minimum Gasteiger partial charge on any atom is -0.497 e. The second-order valence-corrected chi connectivity index (χ2v) is 8.41. The van der Waals surface area contributed by atoms with Crippen LogP contribution in [-0.2, 0) is 11.2 Å². The first-order chi connectivity index (χ1) is 17.0.